The van der Waals surface area contributed by atoms with Crippen LogP contribution in [0.4, 0.5) is 35.1 Å². The van der Waals surface area contributed by atoms with E-state index in [1.54, 1.807) is 37.3 Å². The van der Waals surface area contributed by atoms with Gasteiger partial charge in [-0.3, -0.25) is 8.98 Å². The summed E-state index contributed by atoms with van der Waals surface area (Å²) in [6, 6.07) is 8.19. The lowest BCUT2D eigenvalue weighted by molar-refractivity contribution is -0.457. The molecule has 2 heterocycles. The summed E-state index contributed by atoms with van der Waals surface area (Å²) in [6.07, 6.45) is -14.8. The zero-order chi connectivity index (χ0) is 43.7. The Kier molecular flexibility index (Phi) is 20.6. The second-order valence-corrected chi connectivity index (χ2v) is 16.0. The molecule has 2 aliphatic rings. The van der Waals surface area contributed by atoms with Crippen LogP contribution in [0.3, 0.4) is 0 Å². The monoisotopic (exact) mass is 888 g/mol. The molecular formula is C38H56F8O12S. The zero-order valence-corrected chi connectivity index (χ0v) is 34.0. The number of fused-ring (bicyclic) bond motifs is 1. The summed E-state index contributed by atoms with van der Waals surface area (Å²) >= 11 is 0. The van der Waals surface area contributed by atoms with Gasteiger partial charge in [0.05, 0.1) is 6.61 Å². The first-order chi connectivity index (χ1) is 27.8. The van der Waals surface area contributed by atoms with E-state index in [0.29, 0.717) is 24.8 Å². The molecule has 12 nitrogen and oxygen atoms in total. The van der Waals surface area contributed by atoms with E-state index in [1.165, 1.54) is 0 Å². The summed E-state index contributed by atoms with van der Waals surface area (Å²) in [7, 11) is -6.14. The largest absolute Gasteiger partial charge is 0.481 e. The molecule has 1 unspecified atom stereocenters. The Bertz CT molecular complexity index is 1480. The zero-order valence-electron chi connectivity index (χ0n) is 33.2. The van der Waals surface area contributed by atoms with E-state index < -0.39 is 96.1 Å². The normalized spacial score (nSPS) is 23.3. The molecular weight excluding hydrogens is 832 g/mol. The molecule has 6 atom stereocenters. The van der Waals surface area contributed by atoms with Crippen LogP contribution in [-0.2, 0) is 52.3 Å². The van der Waals surface area contributed by atoms with E-state index >= 15 is 8.78 Å². The number of ether oxygens (including phenoxy) is 7. The molecule has 2 fully saturated rings. The lowest BCUT2D eigenvalue weighted by Crippen LogP contribution is -2.65. The molecule has 0 aliphatic carbocycles. The van der Waals surface area contributed by atoms with Crippen LogP contribution < -0.4 is 0 Å². The standard InChI is InChI=1S/C38H56F8O12S/c1-3-52-26-54-31-30-28(25-53-33(56-30)27-21-17-16-18-22-27)55-34(51-2)32(31)57-59(49,50)38(45,46)37(43,44)58-36(41,42)35(39,40)24-20-15-13-11-9-7-5-4-6-8-10-12-14-19-23-29(47)48/h16-18,21-22,28,30-34H,3-15,19-20,23-26H2,1-2H3,(H,47,48)/t28-,30-,31+,32+,33?,34-/m1/s1. The van der Waals surface area contributed by atoms with Gasteiger partial charge in [0.15, 0.2) is 18.7 Å². The third-order valence-electron chi connectivity index (χ3n) is 9.84. The summed E-state index contributed by atoms with van der Waals surface area (Å²) < 4.78 is 184. The number of carbonyl (C=O) groups is 1. The molecule has 0 saturated carbocycles. The molecule has 21 heteroatoms. The Morgan fingerprint density at radius 2 is 1.32 bits per heavy atom. The third-order valence-corrected chi connectivity index (χ3v) is 11.2. The van der Waals surface area contributed by atoms with E-state index in [1.807, 2.05) is 0 Å². The average molecular weight is 889 g/mol. The summed E-state index contributed by atoms with van der Waals surface area (Å²) in [4.78, 5) is 10.5. The minimum atomic E-state index is -7.06. The first-order valence-electron chi connectivity index (χ1n) is 19.9. The SMILES string of the molecule is CCOCO[C@@H]1[C@H](OS(=O)(=O)C(F)(F)C(F)(F)OC(F)(F)C(F)(F)CCCCCCCCCCCCCCCCC(=O)O)[C@H](OC)O[C@@H]2COC(c3ccccc3)O[C@@H]12. The van der Waals surface area contributed by atoms with Gasteiger partial charge in [-0.1, -0.05) is 107 Å². The van der Waals surface area contributed by atoms with E-state index in [-0.39, 0.29) is 26.1 Å². The Hall–Kier alpha value is -2.24. The van der Waals surface area contributed by atoms with Gasteiger partial charge in [-0.2, -0.15) is 43.5 Å². The van der Waals surface area contributed by atoms with Crippen molar-refractivity contribution >= 4 is 16.1 Å². The highest BCUT2D eigenvalue weighted by atomic mass is 32.2. The lowest BCUT2D eigenvalue weighted by atomic mass is 9.97. The van der Waals surface area contributed by atoms with Crippen molar-refractivity contribution in [2.45, 2.75) is 170 Å². The van der Waals surface area contributed by atoms with Gasteiger partial charge in [0.2, 0.25) is 0 Å². The fourth-order valence-corrected chi connectivity index (χ4v) is 7.50. The number of rotatable bonds is 30. The molecule has 0 amide bonds. The van der Waals surface area contributed by atoms with Crippen molar-refractivity contribution in [1.82, 2.24) is 0 Å². The summed E-state index contributed by atoms with van der Waals surface area (Å²) in [5.74, 6) is -6.20. The van der Waals surface area contributed by atoms with Gasteiger partial charge >= 0.3 is 39.5 Å². The maximum Gasteiger partial charge on any atom is 0.460 e. The molecule has 0 aromatic heterocycles. The summed E-state index contributed by atoms with van der Waals surface area (Å²) in [5.41, 5.74) is 0.462. The maximum atomic E-state index is 15.2. The van der Waals surface area contributed by atoms with Crippen LogP contribution in [0.2, 0.25) is 0 Å². The Morgan fingerprint density at radius 1 is 0.780 bits per heavy atom. The van der Waals surface area contributed by atoms with E-state index in [9.17, 15) is 39.6 Å². The molecule has 2 aliphatic heterocycles. The van der Waals surface area contributed by atoms with E-state index in [0.717, 1.165) is 64.9 Å². The third kappa shape index (κ3) is 15.0. The number of carboxylic acid groups (broad SMARTS) is 1. The maximum absolute atomic E-state index is 15.2. The molecule has 1 N–H and O–H groups in total. The summed E-state index contributed by atoms with van der Waals surface area (Å²) in [6.45, 7) is 0.734. The molecule has 1 aromatic carbocycles. The van der Waals surface area contributed by atoms with Crippen molar-refractivity contribution in [2.24, 2.45) is 0 Å². The number of halogens is 8. The van der Waals surface area contributed by atoms with Crippen LogP contribution in [0.15, 0.2) is 30.3 Å². The highest BCUT2D eigenvalue weighted by Crippen LogP contribution is 2.49. The van der Waals surface area contributed by atoms with Crippen LogP contribution >= 0.6 is 0 Å². The van der Waals surface area contributed by atoms with E-state index in [2.05, 4.69) is 8.92 Å². The smallest absolute Gasteiger partial charge is 0.460 e. The van der Waals surface area contributed by atoms with Crippen molar-refractivity contribution in [3.05, 3.63) is 35.9 Å². The van der Waals surface area contributed by atoms with Crippen LogP contribution in [0.5, 0.6) is 0 Å². The molecule has 0 spiro atoms. The second-order valence-electron chi connectivity index (χ2n) is 14.4. The number of unbranched alkanes of at least 4 members (excludes halogenated alkanes) is 13. The minimum Gasteiger partial charge on any atom is -0.481 e. The number of benzene rings is 1. The predicted octanol–water partition coefficient (Wildman–Crippen LogP) is 9.32. The van der Waals surface area contributed by atoms with Crippen molar-refractivity contribution in [2.75, 3.05) is 27.1 Å². The van der Waals surface area contributed by atoms with Crippen molar-refractivity contribution in [3.8, 4) is 0 Å². The van der Waals surface area contributed by atoms with Crippen LogP contribution in [0.1, 0.15) is 122 Å². The van der Waals surface area contributed by atoms with E-state index in [4.69, 9.17) is 33.5 Å². The van der Waals surface area contributed by atoms with Crippen molar-refractivity contribution < 1.29 is 90.8 Å². The molecule has 342 valence electrons. The molecule has 2 saturated heterocycles. The average Bonchev–Trinajstić information content (AvgIpc) is 3.17. The molecule has 1 aromatic rings. The number of alkyl halides is 8. The Balaban J connectivity index is 1.54. The van der Waals surface area contributed by atoms with Crippen LogP contribution in [0.25, 0.3) is 0 Å². The quantitative estimate of drug-likeness (QED) is 0.0340. The lowest BCUT2D eigenvalue weighted by Gasteiger charge is -2.48. The number of hydrogen-bond acceptors (Lipinski definition) is 11. The second kappa shape index (κ2) is 23.8. The summed E-state index contributed by atoms with van der Waals surface area (Å²) in [5, 5.41) is 1.96. The van der Waals surface area contributed by atoms with Gasteiger partial charge in [-0.15, -0.1) is 0 Å². The van der Waals surface area contributed by atoms with Crippen LogP contribution in [-0.4, -0.2) is 101 Å². The van der Waals surface area contributed by atoms with Gasteiger partial charge in [-0.25, -0.2) is 4.74 Å². The molecule has 0 radical (unpaired) electrons. The predicted molar refractivity (Wildman–Crippen MR) is 193 cm³/mol. The number of carboxylic acids is 1. The number of methoxy groups -OCH3 is 1. The number of hydrogen-bond donors (Lipinski definition) is 1. The van der Waals surface area contributed by atoms with Crippen LogP contribution in [0, 0.1) is 0 Å². The van der Waals surface area contributed by atoms with Gasteiger partial charge < -0.3 is 33.5 Å². The Labute approximate surface area is 339 Å². The van der Waals surface area contributed by atoms with Gasteiger partial charge in [0.25, 0.3) is 0 Å². The Morgan fingerprint density at radius 3 is 1.85 bits per heavy atom. The minimum absolute atomic E-state index is 0.00274. The highest BCUT2D eigenvalue weighted by molar-refractivity contribution is 7.87. The fraction of sp³-hybridized carbons (Fsp3) is 0.816. The van der Waals surface area contributed by atoms with Gasteiger partial charge in [0, 0.05) is 32.1 Å². The first-order valence-corrected chi connectivity index (χ1v) is 21.3. The first kappa shape index (κ1) is 51.1. The van der Waals surface area contributed by atoms with Crippen molar-refractivity contribution in [1.29, 1.82) is 0 Å². The van der Waals surface area contributed by atoms with Gasteiger partial charge in [-0.05, 0) is 19.8 Å². The number of aliphatic carboxylic acids is 1. The molecule has 3 rings (SSSR count). The van der Waals surface area contributed by atoms with Gasteiger partial charge in [0.1, 0.15) is 25.1 Å². The highest BCUT2D eigenvalue weighted by Gasteiger charge is 2.75. The van der Waals surface area contributed by atoms with Crippen molar-refractivity contribution in [3.63, 3.8) is 0 Å². The topological polar surface area (TPSA) is 145 Å². The molecule has 59 heavy (non-hydrogen) atoms. The molecule has 0 bridgehead atoms. The fourth-order valence-electron chi connectivity index (χ4n) is 6.56.